The summed E-state index contributed by atoms with van der Waals surface area (Å²) in [5, 5.41) is 6.80. The first-order valence-corrected chi connectivity index (χ1v) is 8.17. The van der Waals surface area contributed by atoms with Gasteiger partial charge in [0.05, 0.1) is 24.6 Å². The number of nitrogens with zero attached hydrogens (tertiary/aromatic N) is 2. The van der Waals surface area contributed by atoms with E-state index in [4.69, 9.17) is 13.7 Å². The number of amides is 1. The summed E-state index contributed by atoms with van der Waals surface area (Å²) < 4.78 is 15.7. The molecule has 27 heavy (non-hydrogen) atoms. The van der Waals surface area contributed by atoms with Gasteiger partial charge < -0.3 is 19.0 Å². The Morgan fingerprint density at radius 2 is 1.85 bits per heavy atom. The number of hydrogen-bond acceptors (Lipinski definition) is 6. The van der Waals surface area contributed by atoms with Crippen LogP contribution in [0.3, 0.4) is 0 Å². The number of rotatable bonds is 5. The highest BCUT2D eigenvalue weighted by Gasteiger charge is 2.17. The monoisotopic (exact) mass is 361 g/mol. The van der Waals surface area contributed by atoms with E-state index >= 15 is 0 Å². The summed E-state index contributed by atoms with van der Waals surface area (Å²) >= 11 is 0. The van der Waals surface area contributed by atoms with Crippen molar-refractivity contribution in [3.8, 4) is 28.8 Å². The minimum Gasteiger partial charge on any atom is -0.497 e. The SMILES string of the molecule is COc1ccc(C(=O)Nc2ccccc2-c2nc(-c3ccco3)no2)cc1. The van der Waals surface area contributed by atoms with Gasteiger partial charge in [-0.15, -0.1) is 0 Å². The predicted octanol–water partition coefficient (Wildman–Crippen LogP) is 4.26. The van der Waals surface area contributed by atoms with Gasteiger partial charge in [0, 0.05) is 5.56 Å². The molecular weight excluding hydrogens is 346 g/mol. The molecule has 7 nitrogen and oxygen atoms in total. The average molecular weight is 361 g/mol. The van der Waals surface area contributed by atoms with Crippen LogP contribution in [0.1, 0.15) is 10.4 Å². The lowest BCUT2D eigenvalue weighted by Crippen LogP contribution is -2.12. The van der Waals surface area contributed by atoms with E-state index in [2.05, 4.69) is 15.5 Å². The maximum atomic E-state index is 12.6. The fourth-order valence-corrected chi connectivity index (χ4v) is 2.55. The lowest BCUT2D eigenvalue weighted by molar-refractivity contribution is 0.102. The second-order valence-electron chi connectivity index (χ2n) is 5.63. The van der Waals surface area contributed by atoms with Crippen LogP contribution in [-0.4, -0.2) is 23.2 Å². The molecule has 0 aliphatic heterocycles. The van der Waals surface area contributed by atoms with E-state index in [-0.39, 0.29) is 11.8 Å². The number of furan rings is 1. The molecule has 4 aromatic rings. The van der Waals surface area contributed by atoms with Crippen LogP contribution in [0.5, 0.6) is 5.75 Å². The van der Waals surface area contributed by atoms with E-state index in [9.17, 15) is 4.79 Å². The number of carbonyl (C=O) groups is 1. The Balaban J connectivity index is 1.60. The molecule has 0 bridgehead atoms. The quantitative estimate of drug-likeness (QED) is 0.571. The lowest BCUT2D eigenvalue weighted by Gasteiger charge is -2.09. The first-order chi connectivity index (χ1) is 13.2. The van der Waals surface area contributed by atoms with Crippen molar-refractivity contribution in [2.45, 2.75) is 0 Å². The number of carbonyl (C=O) groups excluding carboxylic acids is 1. The summed E-state index contributed by atoms with van der Waals surface area (Å²) in [4.78, 5) is 16.9. The zero-order chi connectivity index (χ0) is 18.6. The molecular formula is C20H15N3O4. The molecule has 0 saturated carbocycles. The van der Waals surface area contributed by atoms with E-state index in [1.54, 1.807) is 55.6 Å². The maximum absolute atomic E-state index is 12.6. The van der Waals surface area contributed by atoms with Crippen LogP contribution in [0.25, 0.3) is 23.0 Å². The first-order valence-electron chi connectivity index (χ1n) is 8.17. The summed E-state index contributed by atoms with van der Waals surface area (Å²) in [5.41, 5.74) is 1.69. The molecule has 0 spiro atoms. The summed E-state index contributed by atoms with van der Waals surface area (Å²) in [5.74, 6) is 1.56. The molecule has 4 rings (SSSR count). The number of para-hydroxylation sites is 1. The number of hydrogen-bond donors (Lipinski definition) is 1. The Morgan fingerprint density at radius 1 is 1.04 bits per heavy atom. The van der Waals surface area contributed by atoms with Gasteiger partial charge in [-0.1, -0.05) is 17.3 Å². The smallest absolute Gasteiger partial charge is 0.260 e. The molecule has 0 unspecified atom stereocenters. The largest absolute Gasteiger partial charge is 0.497 e. The average Bonchev–Trinajstić information content (AvgIpc) is 3.40. The van der Waals surface area contributed by atoms with Crippen LogP contribution in [0.2, 0.25) is 0 Å². The normalized spacial score (nSPS) is 10.6. The molecule has 1 amide bonds. The van der Waals surface area contributed by atoms with Crippen molar-refractivity contribution in [3.63, 3.8) is 0 Å². The van der Waals surface area contributed by atoms with Crippen LogP contribution in [0.4, 0.5) is 5.69 Å². The van der Waals surface area contributed by atoms with Gasteiger partial charge in [-0.3, -0.25) is 4.79 Å². The van der Waals surface area contributed by atoms with Crippen molar-refractivity contribution in [1.82, 2.24) is 10.1 Å². The number of anilines is 1. The maximum Gasteiger partial charge on any atom is 0.260 e. The van der Waals surface area contributed by atoms with E-state index in [0.717, 1.165) is 0 Å². The standard InChI is InChI=1S/C20H15N3O4/c1-25-14-10-8-13(9-11-14)19(24)21-16-6-3-2-5-15(16)20-22-18(23-27-20)17-7-4-12-26-17/h2-12H,1H3,(H,21,24). The van der Waals surface area contributed by atoms with Crippen LogP contribution < -0.4 is 10.1 Å². The third kappa shape index (κ3) is 3.43. The molecule has 2 heterocycles. The van der Waals surface area contributed by atoms with Crippen molar-refractivity contribution >= 4 is 11.6 Å². The Hall–Kier alpha value is -3.87. The third-order valence-electron chi connectivity index (χ3n) is 3.93. The summed E-state index contributed by atoms with van der Waals surface area (Å²) in [7, 11) is 1.58. The Kier molecular flexibility index (Phi) is 4.40. The van der Waals surface area contributed by atoms with Gasteiger partial charge in [0.1, 0.15) is 5.75 Å². The van der Waals surface area contributed by atoms with Crippen LogP contribution in [0, 0.1) is 0 Å². The fourth-order valence-electron chi connectivity index (χ4n) is 2.55. The molecule has 1 N–H and O–H groups in total. The summed E-state index contributed by atoms with van der Waals surface area (Å²) in [6.07, 6.45) is 1.54. The molecule has 0 atom stereocenters. The molecule has 134 valence electrons. The van der Waals surface area contributed by atoms with E-state index < -0.39 is 0 Å². The van der Waals surface area contributed by atoms with Gasteiger partial charge in [-0.25, -0.2) is 0 Å². The molecule has 0 aliphatic rings. The third-order valence-corrected chi connectivity index (χ3v) is 3.93. The van der Waals surface area contributed by atoms with Crippen molar-refractivity contribution in [1.29, 1.82) is 0 Å². The number of methoxy groups -OCH3 is 1. The number of ether oxygens (including phenoxy) is 1. The molecule has 7 heteroatoms. The minimum atomic E-state index is -0.254. The van der Waals surface area contributed by atoms with Gasteiger partial charge >= 0.3 is 0 Å². The van der Waals surface area contributed by atoms with Gasteiger partial charge in [0.25, 0.3) is 11.8 Å². The Bertz CT molecular complexity index is 1050. The Morgan fingerprint density at radius 3 is 2.59 bits per heavy atom. The zero-order valence-corrected chi connectivity index (χ0v) is 14.4. The molecule has 0 aliphatic carbocycles. The number of nitrogens with one attached hydrogen (secondary N) is 1. The van der Waals surface area contributed by atoms with Crippen molar-refractivity contribution in [2.75, 3.05) is 12.4 Å². The molecule has 0 radical (unpaired) electrons. The van der Waals surface area contributed by atoms with E-state index in [1.807, 2.05) is 12.1 Å². The fraction of sp³-hybridized carbons (Fsp3) is 0.0500. The van der Waals surface area contributed by atoms with Crippen molar-refractivity contribution in [2.24, 2.45) is 0 Å². The van der Waals surface area contributed by atoms with Crippen molar-refractivity contribution < 1.29 is 18.5 Å². The van der Waals surface area contributed by atoms with Gasteiger partial charge in [-0.2, -0.15) is 4.98 Å². The van der Waals surface area contributed by atoms with Crippen LogP contribution in [0.15, 0.2) is 75.9 Å². The molecule has 0 fully saturated rings. The molecule has 2 aromatic heterocycles. The zero-order valence-electron chi connectivity index (χ0n) is 14.4. The number of aromatic nitrogens is 2. The predicted molar refractivity (Wildman–Crippen MR) is 98.4 cm³/mol. The van der Waals surface area contributed by atoms with Gasteiger partial charge in [0.2, 0.25) is 5.82 Å². The molecule has 2 aromatic carbocycles. The molecule has 0 saturated heterocycles. The lowest BCUT2D eigenvalue weighted by atomic mass is 10.1. The Labute approximate surface area is 154 Å². The van der Waals surface area contributed by atoms with Crippen LogP contribution >= 0.6 is 0 Å². The van der Waals surface area contributed by atoms with Gasteiger partial charge in [0.15, 0.2) is 5.76 Å². The van der Waals surface area contributed by atoms with Gasteiger partial charge in [-0.05, 0) is 48.5 Å². The van der Waals surface area contributed by atoms with E-state index in [1.165, 1.54) is 6.26 Å². The highest BCUT2D eigenvalue weighted by atomic mass is 16.5. The highest BCUT2D eigenvalue weighted by molar-refractivity contribution is 6.06. The second kappa shape index (κ2) is 7.17. The summed E-state index contributed by atoms with van der Waals surface area (Å²) in [6.45, 7) is 0. The topological polar surface area (TPSA) is 90.4 Å². The first kappa shape index (κ1) is 16.6. The van der Waals surface area contributed by atoms with Crippen LogP contribution in [-0.2, 0) is 0 Å². The van der Waals surface area contributed by atoms with E-state index in [0.29, 0.717) is 34.1 Å². The second-order valence-corrected chi connectivity index (χ2v) is 5.63. The van der Waals surface area contributed by atoms with Crippen molar-refractivity contribution in [3.05, 3.63) is 72.5 Å². The summed E-state index contributed by atoms with van der Waals surface area (Å²) in [6, 6.07) is 17.5. The number of benzene rings is 2. The highest BCUT2D eigenvalue weighted by Crippen LogP contribution is 2.29. The minimum absolute atomic E-state index is 0.254.